The molecule has 2 fully saturated rings. The number of aromatic nitrogens is 3. The Morgan fingerprint density at radius 2 is 1.89 bits per heavy atom. The highest BCUT2D eigenvalue weighted by molar-refractivity contribution is 7.12. The van der Waals surface area contributed by atoms with Crippen LogP contribution in [-0.4, -0.2) is 60.9 Å². The van der Waals surface area contributed by atoms with E-state index in [9.17, 15) is 4.79 Å². The van der Waals surface area contributed by atoms with Crippen LogP contribution in [0.4, 0.5) is 28.7 Å². The van der Waals surface area contributed by atoms with Gasteiger partial charge in [-0.3, -0.25) is 9.36 Å². The van der Waals surface area contributed by atoms with Crippen LogP contribution in [-0.2, 0) is 6.54 Å². The summed E-state index contributed by atoms with van der Waals surface area (Å²) in [6.07, 6.45) is 2.89. The number of thiophene rings is 1. The van der Waals surface area contributed by atoms with Crippen LogP contribution in [0.1, 0.15) is 27.7 Å². The largest absolute Gasteiger partial charge is 0.368 e. The molecule has 3 aromatic heterocycles. The lowest BCUT2D eigenvalue weighted by Gasteiger charge is -2.30. The van der Waals surface area contributed by atoms with E-state index >= 15 is 0 Å². The van der Waals surface area contributed by atoms with Crippen molar-refractivity contribution in [3.63, 3.8) is 0 Å². The first-order chi connectivity index (χ1) is 21.9. The fourth-order valence-electron chi connectivity index (χ4n) is 6.36. The Bertz CT molecular complexity index is 1880. The molecule has 5 heterocycles. The zero-order chi connectivity index (χ0) is 30.9. The second kappa shape index (κ2) is 12.8. The number of pyridine rings is 1. The minimum atomic E-state index is -0.0960. The average molecular weight is 641 g/mol. The lowest BCUT2D eigenvalue weighted by molar-refractivity contribution is 0.589. The zero-order valence-electron chi connectivity index (χ0n) is 25.5. The van der Waals surface area contributed by atoms with Gasteiger partial charge in [-0.25, -0.2) is 4.98 Å². The molecule has 3 N–H and O–H groups in total. The number of nitrogens with zero attached hydrogens (tertiary/aromatic N) is 5. The first kappa shape index (κ1) is 29.7. The van der Waals surface area contributed by atoms with Gasteiger partial charge in [0.25, 0.3) is 5.56 Å². The molecule has 9 nitrogen and oxygen atoms in total. The summed E-state index contributed by atoms with van der Waals surface area (Å²) in [5.74, 6) is 0.865. The molecule has 2 aliphatic rings. The van der Waals surface area contributed by atoms with E-state index in [1.54, 1.807) is 6.20 Å². The second-order valence-corrected chi connectivity index (χ2v) is 13.4. The van der Waals surface area contributed by atoms with E-state index in [2.05, 4.69) is 38.8 Å². The lowest BCUT2D eigenvalue weighted by Crippen LogP contribution is -2.43. The summed E-state index contributed by atoms with van der Waals surface area (Å²) in [5.41, 5.74) is 4.99. The Morgan fingerprint density at radius 1 is 1.07 bits per heavy atom. The van der Waals surface area contributed by atoms with Crippen molar-refractivity contribution in [1.29, 1.82) is 0 Å². The van der Waals surface area contributed by atoms with Gasteiger partial charge < -0.3 is 25.8 Å². The van der Waals surface area contributed by atoms with Crippen molar-refractivity contribution in [2.75, 3.05) is 61.4 Å². The van der Waals surface area contributed by atoms with E-state index in [1.807, 2.05) is 82.4 Å². The van der Waals surface area contributed by atoms with E-state index in [0.717, 1.165) is 68.1 Å². The van der Waals surface area contributed by atoms with Gasteiger partial charge in [0, 0.05) is 78.4 Å². The number of fused-ring (bicyclic) bond motifs is 1. The summed E-state index contributed by atoms with van der Waals surface area (Å²) in [7, 11) is 1.93. The minimum absolute atomic E-state index is 0.0960. The molecule has 45 heavy (non-hydrogen) atoms. The van der Waals surface area contributed by atoms with Gasteiger partial charge in [-0.05, 0) is 67.9 Å². The Morgan fingerprint density at radius 3 is 2.64 bits per heavy atom. The SMILES string of the molecule is Cc1cc(Cn2c(=O)c(N(C)c3ccccc3)cc3cnc(Nc4ccc(N5CCNCC5)c(Cl)c4)nc32)c(C2CCNC2)s1. The van der Waals surface area contributed by atoms with E-state index in [0.29, 0.717) is 34.8 Å². The predicted molar refractivity (Wildman–Crippen MR) is 187 cm³/mol. The van der Waals surface area contributed by atoms with Crippen molar-refractivity contribution < 1.29 is 0 Å². The van der Waals surface area contributed by atoms with E-state index in [-0.39, 0.29) is 5.56 Å². The van der Waals surface area contributed by atoms with E-state index in [1.165, 1.54) is 15.3 Å². The zero-order valence-corrected chi connectivity index (χ0v) is 27.1. The molecule has 0 aliphatic carbocycles. The third kappa shape index (κ3) is 6.15. The van der Waals surface area contributed by atoms with Gasteiger partial charge in [-0.2, -0.15) is 4.98 Å². The van der Waals surface area contributed by atoms with Crippen LogP contribution < -0.4 is 31.3 Å². The smallest absolute Gasteiger partial charge is 0.276 e. The number of halogens is 1. The highest BCUT2D eigenvalue weighted by Crippen LogP contribution is 2.35. The molecule has 1 unspecified atom stereocenters. The predicted octanol–water partition coefficient (Wildman–Crippen LogP) is 5.86. The summed E-state index contributed by atoms with van der Waals surface area (Å²) in [6, 6.07) is 20.0. The average Bonchev–Trinajstić information content (AvgIpc) is 3.73. The topological polar surface area (TPSA) is 90.4 Å². The van der Waals surface area contributed by atoms with Crippen molar-refractivity contribution in [3.8, 4) is 0 Å². The molecule has 2 aliphatic heterocycles. The van der Waals surface area contributed by atoms with Crippen molar-refractivity contribution >= 4 is 62.7 Å². The summed E-state index contributed by atoms with van der Waals surface area (Å²) in [4.78, 5) is 30.8. The Labute approximate surface area is 271 Å². The molecule has 2 aromatic carbocycles. The standard InChI is InChI=1S/C34H37ClN8OS/c1-22-16-25(31(45-22)23-10-11-37-19-23)21-43-32-24(17-30(33(43)44)41(2)27-6-4-3-5-7-27)20-38-34(40-32)39-26-8-9-29(28(35)18-26)42-14-12-36-13-15-42/h3-9,16-18,20,23,36-37H,10-15,19,21H2,1-2H3,(H,38,39,40). The molecule has 7 rings (SSSR count). The summed E-state index contributed by atoms with van der Waals surface area (Å²) < 4.78 is 1.81. The second-order valence-electron chi connectivity index (χ2n) is 11.8. The first-order valence-electron chi connectivity index (χ1n) is 15.5. The molecule has 0 spiro atoms. The number of aryl methyl sites for hydroxylation is 1. The number of rotatable bonds is 8. The number of benzene rings is 2. The molecule has 5 aromatic rings. The van der Waals surface area contributed by atoms with Gasteiger partial charge >= 0.3 is 0 Å². The van der Waals surface area contributed by atoms with Gasteiger partial charge in [0.2, 0.25) is 5.95 Å². The monoisotopic (exact) mass is 640 g/mol. The molecule has 0 saturated carbocycles. The van der Waals surface area contributed by atoms with Crippen LogP contribution in [0.2, 0.25) is 5.02 Å². The maximum absolute atomic E-state index is 14.3. The fraction of sp³-hybridized carbons (Fsp3) is 0.324. The fourth-order valence-corrected chi connectivity index (χ4v) is 7.83. The van der Waals surface area contributed by atoms with E-state index < -0.39 is 0 Å². The van der Waals surface area contributed by atoms with E-state index in [4.69, 9.17) is 16.6 Å². The van der Waals surface area contributed by atoms with Gasteiger partial charge in [-0.15, -0.1) is 11.3 Å². The van der Waals surface area contributed by atoms with Gasteiger partial charge in [0.1, 0.15) is 11.3 Å². The first-order valence-corrected chi connectivity index (χ1v) is 16.7. The van der Waals surface area contributed by atoms with Crippen molar-refractivity contribution in [1.82, 2.24) is 25.2 Å². The molecule has 2 saturated heterocycles. The molecule has 11 heteroatoms. The number of piperazine rings is 1. The lowest BCUT2D eigenvalue weighted by atomic mass is 10.0. The Hall–Kier alpha value is -3.96. The van der Waals surface area contributed by atoms with Gasteiger partial charge in [0.15, 0.2) is 0 Å². The third-order valence-corrected chi connectivity index (χ3v) is 10.3. The van der Waals surface area contributed by atoms with Crippen LogP contribution in [0.3, 0.4) is 0 Å². The third-order valence-electron chi connectivity index (χ3n) is 8.70. The Balaban J connectivity index is 1.28. The maximum atomic E-state index is 14.3. The van der Waals surface area contributed by atoms with Crippen LogP contribution >= 0.6 is 22.9 Å². The number of hydrogen-bond donors (Lipinski definition) is 3. The molecular weight excluding hydrogens is 604 g/mol. The number of hydrogen-bond acceptors (Lipinski definition) is 9. The summed E-state index contributed by atoms with van der Waals surface area (Å²) in [5, 5.41) is 11.7. The van der Waals surface area contributed by atoms with Crippen LogP contribution in [0.15, 0.2) is 71.7 Å². The van der Waals surface area contributed by atoms with Crippen LogP contribution in [0, 0.1) is 6.92 Å². The quantitative estimate of drug-likeness (QED) is 0.194. The normalized spacial score (nSPS) is 16.8. The molecule has 0 radical (unpaired) electrons. The number of anilines is 5. The number of para-hydroxylation sites is 1. The summed E-state index contributed by atoms with van der Waals surface area (Å²) >= 11 is 8.57. The van der Waals surface area contributed by atoms with Gasteiger partial charge in [0.05, 0.1) is 17.3 Å². The number of nitrogens with one attached hydrogen (secondary N) is 3. The minimum Gasteiger partial charge on any atom is -0.368 e. The molecular formula is C34H37ClN8OS. The highest BCUT2D eigenvalue weighted by atomic mass is 35.5. The molecule has 232 valence electrons. The van der Waals surface area contributed by atoms with Crippen molar-refractivity contribution in [2.24, 2.45) is 0 Å². The molecule has 0 bridgehead atoms. The Kier molecular flexibility index (Phi) is 8.46. The maximum Gasteiger partial charge on any atom is 0.276 e. The molecule has 1 atom stereocenters. The summed E-state index contributed by atoms with van der Waals surface area (Å²) in [6.45, 7) is 8.28. The van der Waals surface area contributed by atoms with Crippen molar-refractivity contribution in [3.05, 3.63) is 97.6 Å². The van der Waals surface area contributed by atoms with Crippen molar-refractivity contribution in [2.45, 2.75) is 25.8 Å². The highest BCUT2D eigenvalue weighted by Gasteiger charge is 2.24. The van der Waals surface area contributed by atoms with Crippen LogP contribution in [0.5, 0.6) is 0 Å². The van der Waals surface area contributed by atoms with Crippen LogP contribution in [0.25, 0.3) is 11.0 Å². The van der Waals surface area contributed by atoms with Gasteiger partial charge in [-0.1, -0.05) is 29.8 Å². The molecule has 0 amide bonds.